The molecule has 1 fully saturated rings. The Kier molecular flexibility index (Phi) is 11.2. The average molecular weight is 313 g/mol. The van der Waals surface area contributed by atoms with Crippen LogP contribution in [0.5, 0.6) is 0 Å². The van der Waals surface area contributed by atoms with Crippen LogP contribution in [0.25, 0.3) is 0 Å². The molecule has 0 aromatic rings. The van der Waals surface area contributed by atoms with Crippen LogP contribution in [0, 0.1) is 0 Å². The van der Waals surface area contributed by atoms with Crippen molar-refractivity contribution in [3.05, 3.63) is 0 Å². The first-order valence-corrected chi connectivity index (χ1v) is 9.86. The molecule has 3 nitrogen and oxygen atoms in total. The molecule has 22 heavy (non-hydrogen) atoms. The van der Waals surface area contributed by atoms with E-state index in [1.54, 1.807) is 0 Å². The largest absolute Gasteiger partial charge is 0.390 e. The maximum atomic E-state index is 9.93. The number of hydrogen-bond acceptors (Lipinski definition) is 3. The summed E-state index contributed by atoms with van der Waals surface area (Å²) in [6.07, 6.45) is 15.8. The summed E-state index contributed by atoms with van der Waals surface area (Å²) in [6, 6.07) is 0.606. The van der Waals surface area contributed by atoms with Gasteiger partial charge in [0.05, 0.1) is 6.10 Å². The van der Waals surface area contributed by atoms with Gasteiger partial charge in [0.1, 0.15) is 0 Å². The van der Waals surface area contributed by atoms with Crippen molar-refractivity contribution in [1.29, 1.82) is 0 Å². The number of aliphatic hydroxyl groups is 1. The molecule has 1 aliphatic rings. The molecule has 0 amide bonds. The fourth-order valence-corrected chi connectivity index (χ4v) is 3.62. The average Bonchev–Trinajstić information content (AvgIpc) is 2.84. The predicted octanol–water partition coefficient (Wildman–Crippen LogP) is 4.08. The summed E-state index contributed by atoms with van der Waals surface area (Å²) in [6.45, 7) is 6.21. The lowest BCUT2D eigenvalue weighted by atomic mass is 9.99. The SMILES string of the molecule is CCCCCCCC(CCCCCCC)N1C[C@@H](N)[C@H](O)C1. The van der Waals surface area contributed by atoms with Gasteiger partial charge in [0.2, 0.25) is 0 Å². The van der Waals surface area contributed by atoms with Gasteiger partial charge in [-0.1, -0.05) is 78.1 Å². The van der Waals surface area contributed by atoms with Crippen LogP contribution in [0.2, 0.25) is 0 Å². The Balaban J connectivity index is 2.29. The molecular formula is C19H40N2O. The molecule has 3 heteroatoms. The highest BCUT2D eigenvalue weighted by molar-refractivity contribution is 4.90. The van der Waals surface area contributed by atoms with Crippen molar-refractivity contribution in [2.45, 2.75) is 109 Å². The zero-order valence-electron chi connectivity index (χ0n) is 15.1. The Hall–Kier alpha value is -0.120. The van der Waals surface area contributed by atoms with Crippen LogP contribution in [0.1, 0.15) is 90.9 Å². The van der Waals surface area contributed by atoms with Gasteiger partial charge < -0.3 is 10.8 Å². The van der Waals surface area contributed by atoms with Crippen molar-refractivity contribution in [3.63, 3.8) is 0 Å². The second kappa shape index (κ2) is 12.3. The topological polar surface area (TPSA) is 49.5 Å². The molecule has 3 N–H and O–H groups in total. The molecule has 2 atom stereocenters. The van der Waals surface area contributed by atoms with Crippen molar-refractivity contribution in [1.82, 2.24) is 4.90 Å². The van der Waals surface area contributed by atoms with Crippen LogP contribution in [-0.4, -0.2) is 41.3 Å². The lowest BCUT2D eigenvalue weighted by molar-refractivity contribution is 0.145. The Morgan fingerprint density at radius 1 is 0.864 bits per heavy atom. The van der Waals surface area contributed by atoms with Crippen LogP contribution < -0.4 is 5.73 Å². The van der Waals surface area contributed by atoms with Crippen molar-refractivity contribution in [3.8, 4) is 0 Å². The van der Waals surface area contributed by atoms with Gasteiger partial charge in [-0.25, -0.2) is 0 Å². The molecule has 0 radical (unpaired) electrons. The molecule has 1 rings (SSSR count). The van der Waals surface area contributed by atoms with Crippen LogP contribution in [0.15, 0.2) is 0 Å². The molecule has 0 bridgehead atoms. The zero-order chi connectivity index (χ0) is 16.2. The summed E-state index contributed by atoms with van der Waals surface area (Å²) in [5, 5.41) is 9.93. The molecule has 1 heterocycles. The van der Waals surface area contributed by atoms with E-state index in [4.69, 9.17) is 5.73 Å². The van der Waals surface area contributed by atoms with Gasteiger partial charge in [0, 0.05) is 25.2 Å². The molecule has 0 unspecified atom stereocenters. The lowest BCUT2D eigenvalue weighted by Crippen LogP contribution is -2.35. The highest BCUT2D eigenvalue weighted by Crippen LogP contribution is 2.22. The zero-order valence-corrected chi connectivity index (χ0v) is 15.1. The Labute approximate surface area is 138 Å². The number of likely N-dealkylation sites (tertiary alicyclic amines) is 1. The summed E-state index contributed by atoms with van der Waals surface area (Å²) in [7, 11) is 0. The minimum Gasteiger partial charge on any atom is -0.390 e. The third kappa shape index (κ3) is 7.94. The number of β-amino-alcohol motifs (C(OH)–C–C–N with tert-alkyl or cyclic N) is 1. The van der Waals surface area contributed by atoms with E-state index in [0.717, 1.165) is 13.1 Å². The number of aliphatic hydroxyl groups excluding tert-OH is 1. The normalized spacial score (nSPS) is 22.8. The smallest absolute Gasteiger partial charge is 0.0830 e. The van der Waals surface area contributed by atoms with Gasteiger partial charge in [0.25, 0.3) is 0 Å². The van der Waals surface area contributed by atoms with Gasteiger partial charge in [0.15, 0.2) is 0 Å². The number of nitrogens with zero attached hydrogens (tertiary/aromatic N) is 1. The van der Waals surface area contributed by atoms with Gasteiger partial charge in [-0.3, -0.25) is 4.90 Å². The van der Waals surface area contributed by atoms with Gasteiger partial charge in [-0.15, -0.1) is 0 Å². The maximum absolute atomic E-state index is 9.93. The van der Waals surface area contributed by atoms with Crippen LogP contribution in [-0.2, 0) is 0 Å². The molecule has 1 aliphatic heterocycles. The number of unbranched alkanes of at least 4 members (excludes halogenated alkanes) is 8. The third-order valence-electron chi connectivity index (χ3n) is 5.16. The minimum absolute atomic E-state index is 0.0392. The van der Waals surface area contributed by atoms with Crippen molar-refractivity contribution in [2.24, 2.45) is 5.73 Å². The molecule has 0 aromatic heterocycles. The molecule has 132 valence electrons. The summed E-state index contributed by atoms with van der Waals surface area (Å²) in [5.74, 6) is 0. The fourth-order valence-electron chi connectivity index (χ4n) is 3.62. The number of nitrogens with two attached hydrogens (primary N) is 1. The first-order chi connectivity index (χ1) is 10.7. The lowest BCUT2D eigenvalue weighted by Gasteiger charge is -2.28. The summed E-state index contributed by atoms with van der Waals surface area (Å²) >= 11 is 0. The van der Waals surface area contributed by atoms with Crippen LogP contribution in [0.3, 0.4) is 0 Å². The molecule has 0 aromatic carbocycles. The summed E-state index contributed by atoms with van der Waals surface area (Å²) in [5.41, 5.74) is 6.00. The Morgan fingerprint density at radius 2 is 1.36 bits per heavy atom. The van der Waals surface area contributed by atoms with Gasteiger partial charge in [-0.2, -0.15) is 0 Å². The van der Waals surface area contributed by atoms with Gasteiger partial charge in [-0.05, 0) is 12.8 Å². The van der Waals surface area contributed by atoms with E-state index in [1.165, 1.54) is 77.0 Å². The highest BCUT2D eigenvalue weighted by atomic mass is 16.3. The molecule has 0 saturated carbocycles. The fraction of sp³-hybridized carbons (Fsp3) is 1.00. The van der Waals surface area contributed by atoms with Crippen molar-refractivity contribution >= 4 is 0 Å². The van der Waals surface area contributed by atoms with E-state index in [-0.39, 0.29) is 12.1 Å². The van der Waals surface area contributed by atoms with E-state index < -0.39 is 0 Å². The van der Waals surface area contributed by atoms with E-state index >= 15 is 0 Å². The van der Waals surface area contributed by atoms with E-state index in [1.807, 2.05) is 0 Å². The molecular weight excluding hydrogens is 272 g/mol. The summed E-state index contributed by atoms with van der Waals surface area (Å²) < 4.78 is 0. The standard InChI is InChI=1S/C19H40N2O/c1-3-5-7-9-11-13-17(14-12-10-8-6-4-2)21-15-18(20)19(22)16-21/h17-19,22H,3-16,20H2,1-2H3/t18-,19-/m1/s1. The number of hydrogen-bond donors (Lipinski definition) is 2. The predicted molar refractivity (Wildman–Crippen MR) is 96.1 cm³/mol. The van der Waals surface area contributed by atoms with E-state index in [9.17, 15) is 5.11 Å². The quantitative estimate of drug-likeness (QED) is 0.504. The second-order valence-electron chi connectivity index (χ2n) is 7.24. The van der Waals surface area contributed by atoms with Crippen molar-refractivity contribution < 1.29 is 5.11 Å². The second-order valence-corrected chi connectivity index (χ2v) is 7.24. The maximum Gasteiger partial charge on any atom is 0.0830 e. The Morgan fingerprint density at radius 3 is 1.77 bits per heavy atom. The molecule has 1 saturated heterocycles. The molecule has 0 spiro atoms. The first kappa shape index (κ1) is 19.9. The van der Waals surface area contributed by atoms with Crippen molar-refractivity contribution in [2.75, 3.05) is 13.1 Å². The van der Waals surface area contributed by atoms with Gasteiger partial charge >= 0.3 is 0 Å². The highest BCUT2D eigenvalue weighted by Gasteiger charge is 2.32. The Bertz CT molecular complexity index is 236. The monoisotopic (exact) mass is 312 g/mol. The van der Waals surface area contributed by atoms with E-state index in [0.29, 0.717) is 6.04 Å². The summed E-state index contributed by atoms with van der Waals surface area (Å²) in [4.78, 5) is 2.47. The van der Waals surface area contributed by atoms with E-state index in [2.05, 4.69) is 18.7 Å². The van der Waals surface area contributed by atoms with Crippen LogP contribution >= 0.6 is 0 Å². The number of rotatable bonds is 13. The molecule has 0 aliphatic carbocycles. The minimum atomic E-state index is -0.317. The van der Waals surface area contributed by atoms with Crippen LogP contribution in [0.4, 0.5) is 0 Å². The first-order valence-electron chi connectivity index (χ1n) is 9.86. The third-order valence-corrected chi connectivity index (χ3v) is 5.16.